The Labute approximate surface area is 129 Å². The summed E-state index contributed by atoms with van der Waals surface area (Å²) in [6.07, 6.45) is 5.49. The minimum atomic E-state index is 0.320. The zero-order chi connectivity index (χ0) is 15.2. The minimum absolute atomic E-state index is 0.320. The molecule has 0 radical (unpaired) electrons. The molecule has 3 nitrogen and oxygen atoms in total. The van der Waals surface area contributed by atoms with Crippen molar-refractivity contribution in [3.63, 3.8) is 0 Å². The molecule has 2 rings (SSSR count). The van der Waals surface area contributed by atoms with E-state index >= 15 is 0 Å². The minimum Gasteiger partial charge on any atom is -0.496 e. The van der Waals surface area contributed by atoms with Gasteiger partial charge in [-0.2, -0.15) is 0 Å². The molecule has 3 heteroatoms. The van der Waals surface area contributed by atoms with Crippen LogP contribution in [-0.2, 0) is 0 Å². The van der Waals surface area contributed by atoms with Crippen molar-refractivity contribution in [3.05, 3.63) is 29.3 Å². The summed E-state index contributed by atoms with van der Waals surface area (Å²) >= 11 is 0. The largest absolute Gasteiger partial charge is 0.496 e. The first-order chi connectivity index (χ1) is 10.2. The number of rotatable bonds is 7. The number of likely N-dealkylation sites (N-methyl/N-ethyl adjacent to an activating group) is 2. The molecule has 1 aliphatic carbocycles. The van der Waals surface area contributed by atoms with Crippen molar-refractivity contribution in [2.75, 3.05) is 27.2 Å². The van der Waals surface area contributed by atoms with Gasteiger partial charge < -0.3 is 10.1 Å². The van der Waals surface area contributed by atoms with Crippen LogP contribution in [0.4, 0.5) is 0 Å². The Hall–Kier alpha value is -1.06. The van der Waals surface area contributed by atoms with Crippen molar-refractivity contribution in [2.45, 2.75) is 51.6 Å². The van der Waals surface area contributed by atoms with E-state index in [0.717, 1.165) is 24.9 Å². The molecular weight excluding hydrogens is 260 g/mol. The molecule has 21 heavy (non-hydrogen) atoms. The lowest BCUT2D eigenvalue weighted by atomic mass is 10.0. The van der Waals surface area contributed by atoms with E-state index in [-0.39, 0.29) is 0 Å². The molecule has 1 fully saturated rings. The second kappa shape index (κ2) is 7.81. The highest BCUT2D eigenvalue weighted by Crippen LogP contribution is 2.29. The lowest BCUT2D eigenvalue weighted by Crippen LogP contribution is -2.39. The van der Waals surface area contributed by atoms with Crippen molar-refractivity contribution in [2.24, 2.45) is 0 Å². The topological polar surface area (TPSA) is 24.5 Å². The van der Waals surface area contributed by atoms with Gasteiger partial charge >= 0.3 is 0 Å². The van der Waals surface area contributed by atoms with Gasteiger partial charge in [0, 0.05) is 24.2 Å². The van der Waals surface area contributed by atoms with Crippen molar-refractivity contribution in [3.8, 4) is 5.75 Å². The van der Waals surface area contributed by atoms with E-state index in [1.54, 1.807) is 7.11 Å². The van der Waals surface area contributed by atoms with Gasteiger partial charge in [-0.3, -0.25) is 4.90 Å². The van der Waals surface area contributed by atoms with E-state index in [4.69, 9.17) is 4.74 Å². The van der Waals surface area contributed by atoms with Crippen molar-refractivity contribution in [1.29, 1.82) is 0 Å². The predicted molar refractivity (Wildman–Crippen MR) is 89.0 cm³/mol. The zero-order valence-electron chi connectivity index (χ0n) is 14.0. The third-order valence-electron chi connectivity index (χ3n) is 4.77. The smallest absolute Gasteiger partial charge is 0.123 e. The first-order valence-electron chi connectivity index (χ1n) is 8.25. The van der Waals surface area contributed by atoms with Crippen LogP contribution >= 0.6 is 0 Å². The summed E-state index contributed by atoms with van der Waals surface area (Å²) in [5.74, 6) is 0.988. The fourth-order valence-corrected chi connectivity index (χ4v) is 3.51. The van der Waals surface area contributed by atoms with Crippen LogP contribution in [0.1, 0.15) is 49.8 Å². The first kappa shape index (κ1) is 16.3. The summed E-state index contributed by atoms with van der Waals surface area (Å²) in [5, 5.41) is 3.49. The lowest BCUT2D eigenvalue weighted by molar-refractivity contribution is 0.188. The van der Waals surface area contributed by atoms with Crippen LogP contribution in [0.15, 0.2) is 18.2 Å². The third kappa shape index (κ3) is 3.98. The van der Waals surface area contributed by atoms with Gasteiger partial charge in [-0.1, -0.05) is 37.5 Å². The second-order valence-electron chi connectivity index (χ2n) is 6.11. The van der Waals surface area contributed by atoms with E-state index in [1.165, 1.54) is 36.8 Å². The zero-order valence-corrected chi connectivity index (χ0v) is 14.0. The Balaban J connectivity index is 2.16. The number of nitrogens with one attached hydrogen (secondary N) is 1. The van der Waals surface area contributed by atoms with Gasteiger partial charge in [0.05, 0.1) is 7.11 Å². The number of methoxy groups -OCH3 is 1. The van der Waals surface area contributed by atoms with Gasteiger partial charge in [0.1, 0.15) is 5.75 Å². The molecule has 1 N–H and O–H groups in total. The Morgan fingerprint density at radius 3 is 2.62 bits per heavy atom. The van der Waals surface area contributed by atoms with Crippen molar-refractivity contribution < 1.29 is 4.74 Å². The number of nitrogens with zero attached hydrogens (tertiary/aromatic N) is 1. The molecule has 1 aromatic rings. The Bertz CT molecular complexity index is 441. The highest BCUT2D eigenvalue weighted by atomic mass is 16.5. The Kier molecular flexibility index (Phi) is 6.07. The normalized spacial score (nSPS) is 17.4. The molecule has 1 saturated carbocycles. The summed E-state index contributed by atoms with van der Waals surface area (Å²) in [6, 6.07) is 7.54. The Morgan fingerprint density at radius 2 is 2.05 bits per heavy atom. The fraction of sp³-hybridized carbons (Fsp3) is 0.667. The monoisotopic (exact) mass is 290 g/mol. The highest BCUT2D eigenvalue weighted by molar-refractivity contribution is 5.39. The molecule has 0 amide bonds. The number of ether oxygens (including phenoxy) is 1. The van der Waals surface area contributed by atoms with E-state index < -0.39 is 0 Å². The van der Waals surface area contributed by atoms with Gasteiger partial charge in [-0.25, -0.2) is 0 Å². The summed E-state index contributed by atoms with van der Waals surface area (Å²) in [7, 11) is 3.81. The molecule has 0 saturated heterocycles. The Morgan fingerprint density at radius 1 is 1.33 bits per heavy atom. The molecule has 0 aromatic heterocycles. The van der Waals surface area contributed by atoms with Crippen LogP contribution in [0.25, 0.3) is 0 Å². The fourth-order valence-electron chi connectivity index (χ4n) is 3.51. The van der Waals surface area contributed by atoms with E-state index in [2.05, 4.69) is 49.3 Å². The average molecular weight is 290 g/mol. The molecule has 1 atom stereocenters. The molecule has 0 heterocycles. The molecule has 118 valence electrons. The number of aryl methyl sites for hydroxylation is 1. The van der Waals surface area contributed by atoms with E-state index in [9.17, 15) is 0 Å². The summed E-state index contributed by atoms with van der Waals surface area (Å²) in [4.78, 5) is 2.63. The van der Waals surface area contributed by atoms with Crippen LogP contribution in [0, 0.1) is 6.92 Å². The van der Waals surface area contributed by atoms with Gasteiger partial charge in [-0.15, -0.1) is 0 Å². The molecule has 0 aliphatic heterocycles. The van der Waals surface area contributed by atoms with E-state index in [0.29, 0.717) is 6.04 Å². The summed E-state index contributed by atoms with van der Waals surface area (Å²) in [5.41, 5.74) is 2.56. The molecule has 0 bridgehead atoms. The van der Waals surface area contributed by atoms with Crippen LogP contribution in [0.5, 0.6) is 5.75 Å². The molecule has 0 spiro atoms. The number of hydrogen-bond donors (Lipinski definition) is 1. The number of benzene rings is 1. The highest BCUT2D eigenvalue weighted by Gasteiger charge is 2.25. The first-order valence-corrected chi connectivity index (χ1v) is 8.25. The van der Waals surface area contributed by atoms with Gasteiger partial charge in [-0.05, 0) is 39.4 Å². The van der Waals surface area contributed by atoms with Crippen LogP contribution in [0.3, 0.4) is 0 Å². The molecule has 1 unspecified atom stereocenters. The average Bonchev–Trinajstić information content (AvgIpc) is 3.03. The maximum Gasteiger partial charge on any atom is 0.123 e. The molecular formula is C18H30N2O. The van der Waals surface area contributed by atoms with Gasteiger partial charge in [0.2, 0.25) is 0 Å². The predicted octanol–water partition coefficient (Wildman–Crippen LogP) is 3.53. The lowest BCUT2D eigenvalue weighted by Gasteiger charge is -2.32. The van der Waals surface area contributed by atoms with Crippen molar-refractivity contribution in [1.82, 2.24) is 10.2 Å². The molecule has 1 aromatic carbocycles. The van der Waals surface area contributed by atoms with Crippen LogP contribution in [0.2, 0.25) is 0 Å². The third-order valence-corrected chi connectivity index (χ3v) is 4.77. The summed E-state index contributed by atoms with van der Waals surface area (Å²) < 4.78 is 5.57. The maximum absolute atomic E-state index is 5.57. The van der Waals surface area contributed by atoms with E-state index in [1.807, 2.05) is 0 Å². The van der Waals surface area contributed by atoms with Gasteiger partial charge in [0.25, 0.3) is 0 Å². The SMILES string of the molecule is CCN(CC(NC)c1cc(C)ccc1OC)C1CCCC1. The standard InChI is InChI=1S/C18H30N2O/c1-5-20(15-8-6-7-9-15)13-17(19-3)16-12-14(2)10-11-18(16)21-4/h10-12,15,17,19H,5-9,13H2,1-4H3. The number of hydrogen-bond acceptors (Lipinski definition) is 3. The maximum atomic E-state index is 5.57. The van der Waals surface area contributed by atoms with Crippen LogP contribution < -0.4 is 10.1 Å². The van der Waals surface area contributed by atoms with Crippen LogP contribution in [-0.4, -0.2) is 38.2 Å². The quantitative estimate of drug-likeness (QED) is 0.831. The van der Waals surface area contributed by atoms with Crippen molar-refractivity contribution >= 4 is 0 Å². The second-order valence-corrected chi connectivity index (χ2v) is 6.11. The molecule has 1 aliphatic rings. The van der Waals surface area contributed by atoms with Gasteiger partial charge in [0.15, 0.2) is 0 Å². The summed E-state index contributed by atoms with van der Waals surface area (Å²) in [6.45, 7) is 6.59.